The number of hydrogen-bond acceptors (Lipinski definition) is 3. The van der Waals surface area contributed by atoms with Gasteiger partial charge in [-0.05, 0) is 12.3 Å². The number of rotatable bonds is 3. The molecule has 0 fully saturated rings. The molecule has 14 heavy (non-hydrogen) atoms. The van der Waals surface area contributed by atoms with Crippen LogP contribution in [0.1, 0.15) is 10.5 Å². The van der Waals surface area contributed by atoms with E-state index in [1.807, 2.05) is 0 Å². The van der Waals surface area contributed by atoms with E-state index in [-0.39, 0.29) is 12.2 Å². The quantitative estimate of drug-likeness (QED) is 0.470. The summed E-state index contributed by atoms with van der Waals surface area (Å²) in [7, 11) is 6.72. The smallest absolute Gasteiger partial charge is 0.354 e. The molecule has 0 bridgehead atoms. The molecule has 1 heterocycles. The molecule has 6 heteroatoms. The Morgan fingerprint density at radius 1 is 1.64 bits per heavy atom. The molecule has 2 N–H and O–H groups in total. The van der Waals surface area contributed by atoms with Gasteiger partial charge in [0.25, 0.3) is 0 Å². The Hall–Kier alpha value is -1.72. The van der Waals surface area contributed by atoms with Gasteiger partial charge in [-0.1, -0.05) is 5.46 Å². The lowest BCUT2D eigenvalue weighted by Gasteiger charge is -2.04. The number of methoxy groups -OCH3 is 1. The predicted octanol–water partition coefficient (Wildman–Crippen LogP) is -1.45. The predicted molar refractivity (Wildman–Crippen MR) is 50.4 cm³/mol. The van der Waals surface area contributed by atoms with Gasteiger partial charge in [-0.25, -0.2) is 4.79 Å². The monoisotopic (exact) mass is 192 g/mol. The van der Waals surface area contributed by atoms with Crippen molar-refractivity contribution in [1.82, 2.24) is 4.57 Å². The first-order chi connectivity index (χ1) is 6.54. The molecule has 0 aliphatic heterocycles. The summed E-state index contributed by atoms with van der Waals surface area (Å²) in [5, 5.41) is 0. The topological polar surface area (TPSA) is 74.3 Å². The number of hydrogen-bond donors (Lipinski definition) is 1. The molecule has 1 amide bonds. The molecule has 0 aliphatic rings. The highest BCUT2D eigenvalue weighted by Gasteiger charge is 2.13. The van der Waals surface area contributed by atoms with Crippen LogP contribution in [-0.2, 0) is 16.1 Å². The molecule has 5 nitrogen and oxygen atoms in total. The van der Waals surface area contributed by atoms with E-state index in [2.05, 4.69) is 4.74 Å². The number of carbonyl (C=O) groups is 2. The first-order valence-electron chi connectivity index (χ1n) is 3.87. The van der Waals surface area contributed by atoms with E-state index >= 15 is 0 Å². The number of primary amides is 1. The fourth-order valence-electron chi connectivity index (χ4n) is 1.11. The molecule has 0 aliphatic carbocycles. The number of amides is 1. The lowest BCUT2D eigenvalue weighted by atomic mass is 10.0. The van der Waals surface area contributed by atoms with Crippen LogP contribution in [0.15, 0.2) is 12.3 Å². The molecular formula is C8H9BN2O3. The van der Waals surface area contributed by atoms with Crippen LogP contribution in [0.4, 0.5) is 0 Å². The molecule has 0 spiro atoms. The Balaban J connectivity index is 3.02. The van der Waals surface area contributed by atoms with Crippen LogP contribution in [-0.4, -0.2) is 31.4 Å². The maximum absolute atomic E-state index is 11.2. The van der Waals surface area contributed by atoms with Gasteiger partial charge in [-0.3, -0.25) is 4.79 Å². The maximum atomic E-state index is 11.2. The molecule has 1 rings (SSSR count). The van der Waals surface area contributed by atoms with Crippen LogP contribution in [0, 0.1) is 0 Å². The van der Waals surface area contributed by atoms with Crippen molar-refractivity contribution >= 4 is 25.2 Å². The molecule has 1 aromatic rings. The average Bonchev–Trinajstić information content (AvgIpc) is 2.44. The number of aromatic nitrogens is 1. The maximum Gasteiger partial charge on any atom is 0.354 e. The highest BCUT2D eigenvalue weighted by atomic mass is 16.5. The third kappa shape index (κ3) is 2.15. The van der Waals surface area contributed by atoms with E-state index < -0.39 is 11.9 Å². The summed E-state index contributed by atoms with van der Waals surface area (Å²) >= 11 is 0. The molecule has 72 valence electrons. The van der Waals surface area contributed by atoms with E-state index in [9.17, 15) is 9.59 Å². The van der Waals surface area contributed by atoms with Gasteiger partial charge >= 0.3 is 5.97 Å². The molecule has 1 aromatic heterocycles. The van der Waals surface area contributed by atoms with E-state index in [1.165, 1.54) is 23.9 Å². The Kier molecular flexibility index (Phi) is 2.96. The minimum Gasteiger partial charge on any atom is -0.464 e. The third-order valence-corrected chi connectivity index (χ3v) is 1.64. The Morgan fingerprint density at radius 3 is 2.79 bits per heavy atom. The second-order valence-electron chi connectivity index (χ2n) is 2.74. The molecule has 0 atom stereocenters. The Bertz CT molecular complexity index is 373. The molecule has 2 radical (unpaired) electrons. The van der Waals surface area contributed by atoms with Crippen molar-refractivity contribution in [2.75, 3.05) is 7.11 Å². The van der Waals surface area contributed by atoms with Gasteiger partial charge < -0.3 is 15.0 Å². The van der Waals surface area contributed by atoms with Crippen molar-refractivity contribution in [3.8, 4) is 0 Å². The summed E-state index contributed by atoms with van der Waals surface area (Å²) in [4.78, 5) is 21.8. The van der Waals surface area contributed by atoms with Crippen LogP contribution >= 0.6 is 0 Å². The van der Waals surface area contributed by atoms with Gasteiger partial charge in [-0.2, -0.15) is 0 Å². The van der Waals surface area contributed by atoms with Gasteiger partial charge in [0.1, 0.15) is 20.1 Å². The second-order valence-corrected chi connectivity index (χ2v) is 2.74. The Labute approximate surface area is 82.2 Å². The van der Waals surface area contributed by atoms with Gasteiger partial charge in [0, 0.05) is 0 Å². The minimum atomic E-state index is -0.553. The van der Waals surface area contributed by atoms with Gasteiger partial charge in [-0.15, -0.1) is 0 Å². The van der Waals surface area contributed by atoms with Crippen molar-refractivity contribution in [3.63, 3.8) is 0 Å². The zero-order chi connectivity index (χ0) is 10.7. The first kappa shape index (κ1) is 10.4. The first-order valence-corrected chi connectivity index (χ1v) is 3.87. The summed E-state index contributed by atoms with van der Waals surface area (Å²) < 4.78 is 5.86. The fourth-order valence-corrected chi connectivity index (χ4v) is 1.11. The molecule has 0 saturated carbocycles. The lowest BCUT2D eigenvalue weighted by Crippen LogP contribution is -2.21. The van der Waals surface area contributed by atoms with Crippen LogP contribution in [0.2, 0.25) is 0 Å². The molecule has 0 aromatic carbocycles. The van der Waals surface area contributed by atoms with E-state index in [0.717, 1.165) is 0 Å². The third-order valence-electron chi connectivity index (χ3n) is 1.64. The van der Waals surface area contributed by atoms with Gasteiger partial charge in [0.05, 0.1) is 7.11 Å². The van der Waals surface area contributed by atoms with E-state index in [1.54, 1.807) is 0 Å². The number of esters is 1. The number of nitrogens with two attached hydrogens (primary N) is 1. The van der Waals surface area contributed by atoms with Gasteiger partial charge in [0.2, 0.25) is 5.91 Å². The van der Waals surface area contributed by atoms with Crippen molar-refractivity contribution in [3.05, 3.63) is 18.0 Å². The number of ether oxygens (including phenoxy) is 1. The van der Waals surface area contributed by atoms with Crippen LogP contribution in [0.5, 0.6) is 0 Å². The molecule has 0 saturated heterocycles. The summed E-state index contributed by atoms with van der Waals surface area (Å²) in [6.45, 7) is -0.0956. The highest BCUT2D eigenvalue weighted by molar-refractivity contribution is 6.32. The summed E-state index contributed by atoms with van der Waals surface area (Å²) in [6, 6.07) is 1.43. The van der Waals surface area contributed by atoms with Crippen LogP contribution < -0.4 is 11.2 Å². The second kappa shape index (κ2) is 4.00. The summed E-state index contributed by atoms with van der Waals surface area (Å²) in [6.07, 6.45) is 1.46. The SMILES string of the molecule is [B]c1cc(C(=O)OC)n(CC(N)=O)c1. The minimum absolute atomic E-state index is 0.0956. The largest absolute Gasteiger partial charge is 0.464 e. The van der Waals surface area contributed by atoms with Crippen LogP contribution in [0.25, 0.3) is 0 Å². The molecule has 0 unspecified atom stereocenters. The van der Waals surface area contributed by atoms with Crippen molar-refractivity contribution in [2.45, 2.75) is 6.54 Å². The van der Waals surface area contributed by atoms with Crippen LogP contribution in [0.3, 0.4) is 0 Å². The Morgan fingerprint density at radius 2 is 2.29 bits per heavy atom. The normalized spacial score (nSPS) is 9.79. The van der Waals surface area contributed by atoms with E-state index in [4.69, 9.17) is 13.6 Å². The zero-order valence-corrected chi connectivity index (χ0v) is 7.69. The van der Waals surface area contributed by atoms with Crippen molar-refractivity contribution < 1.29 is 14.3 Å². The average molecular weight is 192 g/mol. The highest BCUT2D eigenvalue weighted by Crippen LogP contribution is 2.01. The van der Waals surface area contributed by atoms with Crippen molar-refractivity contribution in [2.24, 2.45) is 5.73 Å². The molecular weight excluding hydrogens is 183 g/mol. The standard InChI is InChI=1S/C8H9BN2O3/c1-14-8(13)6-2-5(9)3-11(6)4-7(10)12/h2-3H,4H2,1H3,(H2,10,12). The summed E-state index contributed by atoms with van der Waals surface area (Å²) in [5.41, 5.74) is 5.58. The zero-order valence-electron chi connectivity index (χ0n) is 7.69. The van der Waals surface area contributed by atoms with Crippen molar-refractivity contribution in [1.29, 1.82) is 0 Å². The van der Waals surface area contributed by atoms with Gasteiger partial charge in [0.15, 0.2) is 0 Å². The number of carbonyl (C=O) groups excluding carboxylic acids is 2. The van der Waals surface area contributed by atoms with E-state index in [0.29, 0.717) is 5.46 Å². The summed E-state index contributed by atoms with van der Waals surface area (Å²) in [5.74, 6) is -1.10. The fraction of sp³-hybridized carbons (Fsp3) is 0.250. The number of nitrogens with zero attached hydrogens (tertiary/aromatic N) is 1. The lowest BCUT2D eigenvalue weighted by molar-refractivity contribution is -0.118.